The van der Waals surface area contributed by atoms with Gasteiger partial charge in [0.05, 0.1) is 7.11 Å². The molecule has 0 saturated heterocycles. The van der Waals surface area contributed by atoms with Crippen LogP contribution in [0.5, 0.6) is 5.75 Å². The van der Waals surface area contributed by atoms with Gasteiger partial charge in [-0.05, 0) is 24.1 Å². The predicted molar refractivity (Wildman–Crippen MR) is 80.5 cm³/mol. The van der Waals surface area contributed by atoms with Gasteiger partial charge in [-0.25, -0.2) is 0 Å². The van der Waals surface area contributed by atoms with Gasteiger partial charge in [0.15, 0.2) is 0 Å². The molecule has 0 saturated carbocycles. The molecule has 184 valence electrons. The van der Waals surface area contributed by atoms with E-state index in [0.29, 0.717) is 5.75 Å². The molecule has 0 atom stereocenters. The lowest BCUT2D eigenvalue weighted by Gasteiger charge is -2.39. The molecule has 1 rings (SSSR count). The minimum absolute atomic E-state index is 0.267. The number of halogens is 13. The summed E-state index contributed by atoms with van der Waals surface area (Å²) in [6.45, 7) is -0.947. The molecule has 3 nitrogen and oxygen atoms in total. The number of ether oxygens (including phenoxy) is 1. The van der Waals surface area contributed by atoms with Crippen molar-refractivity contribution in [1.82, 2.24) is 5.32 Å². The van der Waals surface area contributed by atoms with E-state index in [9.17, 15) is 61.9 Å². The SMILES string of the molecule is COc1ccc(CCNC(=O)C(F)(F)C(F)(F)C(F)(F)C(F)(F)C(F)(F)C(F)(F)F)cc1. The van der Waals surface area contributed by atoms with Crippen LogP contribution >= 0.6 is 0 Å². The van der Waals surface area contributed by atoms with Gasteiger partial charge in [-0.2, -0.15) is 57.1 Å². The number of hydrogen-bond donors (Lipinski definition) is 1. The first-order chi connectivity index (χ1) is 14.2. The molecule has 0 aliphatic heterocycles. The number of amides is 1. The first-order valence-corrected chi connectivity index (χ1v) is 8.05. The molecule has 0 unspecified atom stereocenters. The highest BCUT2D eigenvalue weighted by molar-refractivity contribution is 5.84. The standard InChI is InChI=1S/C16H12F13NO2/c1-32-9-4-2-8(3-5-9)6-7-30-10(31)11(17,18)12(19,20)13(21,22)14(23,24)15(25,26)16(27,28)29/h2-5H,6-7H2,1H3,(H,30,31). The van der Waals surface area contributed by atoms with E-state index in [0.717, 1.165) is 5.32 Å². The Morgan fingerprint density at radius 1 is 0.750 bits per heavy atom. The molecular weight excluding hydrogens is 485 g/mol. The van der Waals surface area contributed by atoms with Crippen molar-refractivity contribution in [2.45, 2.75) is 42.2 Å². The summed E-state index contributed by atoms with van der Waals surface area (Å²) in [5.41, 5.74) is 0.267. The highest BCUT2D eigenvalue weighted by atomic mass is 19.4. The molecule has 0 bridgehead atoms. The minimum atomic E-state index is -8.05. The van der Waals surface area contributed by atoms with E-state index >= 15 is 0 Å². The molecule has 0 spiro atoms. The van der Waals surface area contributed by atoms with E-state index in [1.165, 1.54) is 31.4 Å². The van der Waals surface area contributed by atoms with Gasteiger partial charge in [0.2, 0.25) is 0 Å². The normalized spacial score (nSPS) is 14.3. The molecular formula is C16H12F13NO2. The number of rotatable bonds is 9. The van der Waals surface area contributed by atoms with Gasteiger partial charge < -0.3 is 10.1 Å². The van der Waals surface area contributed by atoms with Crippen LogP contribution in [0.3, 0.4) is 0 Å². The van der Waals surface area contributed by atoms with Crippen LogP contribution in [0.15, 0.2) is 24.3 Å². The largest absolute Gasteiger partial charge is 0.497 e. The Morgan fingerprint density at radius 3 is 1.59 bits per heavy atom. The Bertz CT molecular complexity index is 803. The smallest absolute Gasteiger partial charge is 0.460 e. The Balaban J connectivity index is 3.08. The zero-order valence-electron chi connectivity index (χ0n) is 15.5. The third-order valence-electron chi connectivity index (χ3n) is 4.08. The summed E-state index contributed by atoms with van der Waals surface area (Å²) in [6, 6.07) is 5.32. The Hall–Kier alpha value is -2.42. The number of alkyl halides is 13. The maximum atomic E-state index is 13.6. The fraction of sp³-hybridized carbons (Fsp3) is 0.562. The van der Waals surface area contributed by atoms with Crippen LogP contribution < -0.4 is 10.1 Å². The molecule has 0 aliphatic rings. The molecule has 0 aromatic heterocycles. The number of methoxy groups -OCH3 is 1. The highest BCUT2D eigenvalue weighted by Gasteiger charge is 2.91. The van der Waals surface area contributed by atoms with Crippen LogP contribution in [0, 0.1) is 0 Å². The summed E-state index contributed by atoms with van der Waals surface area (Å²) in [6.07, 6.45) is -7.89. The molecule has 32 heavy (non-hydrogen) atoms. The fourth-order valence-electron chi connectivity index (χ4n) is 2.14. The van der Waals surface area contributed by atoms with Crippen molar-refractivity contribution in [2.24, 2.45) is 0 Å². The van der Waals surface area contributed by atoms with Gasteiger partial charge in [0.25, 0.3) is 5.91 Å². The molecule has 1 amide bonds. The molecule has 16 heteroatoms. The van der Waals surface area contributed by atoms with E-state index in [2.05, 4.69) is 0 Å². The Kier molecular flexibility index (Phi) is 7.33. The lowest BCUT2D eigenvalue weighted by atomic mass is 9.93. The summed E-state index contributed by atoms with van der Waals surface area (Å²) >= 11 is 0. The van der Waals surface area contributed by atoms with Crippen molar-refractivity contribution < 1.29 is 66.6 Å². The van der Waals surface area contributed by atoms with Gasteiger partial charge in [-0.3, -0.25) is 4.79 Å². The maximum absolute atomic E-state index is 13.6. The third kappa shape index (κ3) is 4.40. The van der Waals surface area contributed by atoms with Crippen molar-refractivity contribution in [3.05, 3.63) is 29.8 Å². The van der Waals surface area contributed by atoms with Crippen molar-refractivity contribution in [3.63, 3.8) is 0 Å². The summed E-state index contributed by atoms with van der Waals surface area (Å²) in [7, 11) is 1.29. The molecule has 0 fully saturated rings. The van der Waals surface area contributed by atoms with Crippen LogP contribution in [0.4, 0.5) is 57.1 Å². The highest BCUT2D eigenvalue weighted by Crippen LogP contribution is 2.60. The van der Waals surface area contributed by atoms with Crippen LogP contribution in [0.2, 0.25) is 0 Å². The topological polar surface area (TPSA) is 38.3 Å². The Labute approximate surface area is 170 Å². The molecule has 0 heterocycles. The number of hydrogen-bond acceptors (Lipinski definition) is 2. The van der Waals surface area contributed by atoms with E-state index < -0.39 is 48.2 Å². The summed E-state index contributed by atoms with van der Waals surface area (Å²) in [5, 5.41) is 1.01. The number of carbonyl (C=O) groups is 1. The second-order valence-corrected chi connectivity index (χ2v) is 6.22. The van der Waals surface area contributed by atoms with E-state index in [4.69, 9.17) is 4.74 Å². The van der Waals surface area contributed by atoms with Gasteiger partial charge in [-0.1, -0.05) is 12.1 Å². The van der Waals surface area contributed by atoms with Crippen molar-refractivity contribution in [1.29, 1.82) is 0 Å². The van der Waals surface area contributed by atoms with E-state index in [1.807, 2.05) is 0 Å². The second kappa shape index (κ2) is 8.50. The Morgan fingerprint density at radius 2 is 1.19 bits per heavy atom. The van der Waals surface area contributed by atoms with Crippen molar-refractivity contribution >= 4 is 5.91 Å². The number of carbonyl (C=O) groups excluding carboxylic acids is 1. The zero-order chi connectivity index (χ0) is 25.4. The lowest BCUT2D eigenvalue weighted by Crippen LogP contribution is -2.72. The van der Waals surface area contributed by atoms with Gasteiger partial charge in [-0.15, -0.1) is 0 Å². The predicted octanol–water partition coefficient (Wildman–Crippen LogP) is 5.09. The number of benzene rings is 1. The summed E-state index contributed by atoms with van der Waals surface area (Å²) in [5.74, 6) is -41.3. The average molecular weight is 497 g/mol. The molecule has 0 radical (unpaired) electrons. The molecule has 0 aliphatic carbocycles. The number of nitrogens with one attached hydrogen (secondary N) is 1. The lowest BCUT2D eigenvalue weighted by molar-refractivity contribution is -0.436. The van der Waals surface area contributed by atoms with Gasteiger partial charge >= 0.3 is 35.8 Å². The monoisotopic (exact) mass is 497 g/mol. The van der Waals surface area contributed by atoms with Crippen molar-refractivity contribution in [2.75, 3.05) is 13.7 Å². The van der Waals surface area contributed by atoms with Gasteiger partial charge in [0, 0.05) is 6.54 Å². The third-order valence-corrected chi connectivity index (χ3v) is 4.08. The van der Waals surface area contributed by atoms with Crippen LogP contribution in [-0.4, -0.2) is 55.4 Å². The second-order valence-electron chi connectivity index (χ2n) is 6.22. The van der Waals surface area contributed by atoms with Gasteiger partial charge in [0.1, 0.15) is 5.75 Å². The van der Waals surface area contributed by atoms with Crippen LogP contribution in [-0.2, 0) is 11.2 Å². The molecule has 1 aromatic carbocycles. The van der Waals surface area contributed by atoms with Crippen LogP contribution in [0.1, 0.15) is 5.56 Å². The first kappa shape index (κ1) is 27.6. The maximum Gasteiger partial charge on any atom is 0.460 e. The quantitative estimate of drug-likeness (QED) is 0.483. The first-order valence-electron chi connectivity index (χ1n) is 8.05. The summed E-state index contributed by atoms with van der Waals surface area (Å²) < 4.78 is 173. The fourth-order valence-corrected chi connectivity index (χ4v) is 2.14. The zero-order valence-corrected chi connectivity index (χ0v) is 15.5. The van der Waals surface area contributed by atoms with E-state index in [-0.39, 0.29) is 12.0 Å². The molecule has 1 aromatic rings. The van der Waals surface area contributed by atoms with Crippen molar-refractivity contribution in [3.8, 4) is 5.75 Å². The van der Waals surface area contributed by atoms with E-state index in [1.54, 1.807) is 0 Å². The summed E-state index contributed by atoms with van der Waals surface area (Å²) in [4.78, 5) is 11.3. The van der Waals surface area contributed by atoms with Crippen LogP contribution in [0.25, 0.3) is 0 Å². The average Bonchev–Trinajstić information content (AvgIpc) is 2.66. The minimum Gasteiger partial charge on any atom is -0.497 e. The molecule has 1 N–H and O–H groups in total.